The van der Waals surface area contributed by atoms with Crippen molar-refractivity contribution in [2.75, 3.05) is 13.2 Å². The van der Waals surface area contributed by atoms with E-state index < -0.39 is 0 Å². The Morgan fingerprint density at radius 2 is 1.94 bits per heavy atom. The maximum Gasteiger partial charge on any atom is 0.133 e. The van der Waals surface area contributed by atoms with Crippen LogP contribution in [0.1, 0.15) is 27.2 Å². The number of nitrogens with one attached hydrogen (secondary N) is 1. The second-order valence-electron chi connectivity index (χ2n) is 4.95. The van der Waals surface area contributed by atoms with Crippen LogP contribution < -0.4 is 10.1 Å². The first-order valence-electron chi connectivity index (χ1n) is 5.71. The molecule has 0 radical (unpaired) electrons. The van der Waals surface area contributed by atoms with Crippen molar-refractivity contribution in [3.05, 3.63) is 27.1 Å². The summed E-state index contributed by atoms with van der Waals surface area (Å²) in [7, 11) is 0. The zero-order chi connectivity index (χ0) is 12.9. The minimum absolute atomic E-state index is 0.179. The van der Waals surface area contributed by atoms with Crippen molar-refractivity contribution in [3.8, 4) is 5.75 Å². The molecule has 0 spiro atoms. The summed E-state index contributed by atoms with van der Waals surface area (Å²) < 4.78 is 7.73. The molecule has 0 atom stereocenters. The number of hydrogen-bond acceptors (Lipinski definition) is 2. The number of hydrogen-bond donors (Lipinski definition) is 1. The topological polar surface area (TPSA) is 21.3 Å². The van der Waals surface area contributed by atoms with Crippen LogP contribution in [0.3, 0.4) is 0 Å². The third kappa shape index (κ3) is 6.43. The van der Waals surface area contributed by atoms with Crippen molar-refractivity contribution in [2.24, 2.45) is 0 Å². The van der Waals surface area contributed by atoms with Crippen molar-refractivity contribution in [3.63, 3.8) is 0 Å². The first-order valence-corrected chi connectivity index (χ1v) is 7.30. The fraction of sp³-hybridized carbons (Fsp3) is 0.538. The lowest BCUT2D eigenvalue weighted by molar-refractivity contribution is 0.296. The number of ether oxygens (including phenoxy) is 1. The summed E-state index contributed by atoms with van der Waals surface area (Å²) in [6.45, 7) is 8.19. The summed E-state index contributed by atoms with van der Waals surface area (Å²) in [6, 6.07) is 5.93. The second kappa shape index (κ2) is 6.76. The number of halogens is 2. The summed E-state index contributed by atoms with van der Waals surface area (Å²) in [5.41, 5.74) is 0.179. The van der Waals surface area contributed by atoms with Crippen LogP contribution in [0.2, 0.25) is 0 Å². The zero-order valence-electron chi connectivity index (χ0n) is 10.5. The average molecular weight is 365 g/mol. The van der Waals surface area contributed by atoms with Crippen LogP contribution in [-0.4, -0.2) is 18.7 Å². The molecule has 0 unspecified atom stereocenters. The van der Waals surface area contributed by atoms with Gasteiger partial charge in [-0.3, -0.25) is 0 Å². The molecular weight excluding hydrogens is 346 g/mol. The molecule has 0 fully saturated rings. The monoisotopic (exact) mass is 363 g/mol. The molecule has 0 amide bonds. The summed E-state index contributed by atoms with van der Waals surface area (Å²) in [5, 5.41) is 3.43. The van der Waals surface area contributed by atoms with Gasteiger partial charge in [-0.05, 0) is 67.9 Å². The van der Waals surface area contributed by atoms with Crippen LogP contribution in [0.4, 0.5) is 0 Å². The van der Waals surface area contributed by atoms with Gasteiger partial charge in [-0.1, -0.05) is 15.9 Å². The van der Waals surface area contributed by atoms with Gasteiger partial charge >= 0.3 is 0 Å². The van der Waals surface area contributed by atoms with Gasteiger partial charge in [0.15, 0.2) is 0 Å². The van der Waals surface area contributed by atoms with Crippen LogP contribution in [0.15, 0.2) is 27.1 Å². The molecule has 0 aromatic heterocycles. The van der Waals surface area contributed by atoms with E-state index in [1.807, 2.05) is 18.2 Å². The highest BCUT2D eigenvalue weighted by atomic mass is 79.9. The zero-order valence-corrected chi connectivity index (χ0v) is 13.7. The van der Waals surface area contributed by atoms with Crippen LogP contribution in [0, 0.1) is 0 Å². The molecule has 0 aliphatic carbocycles. The fourth-order valence-electron chi connectivity index (χ4n) is 1.31. The Kier molecular flexibility index (Phi) is 5.97. The molecular formula is C13H19Br2NO. The van der Waals surface area contributed by atoms with E-state index in [1.165, 1.54) is 0 Å². The van der Waals surface area contributed by atoms with Crippen LogP contribution in [0.5, 0.6) is 5.75 Å². The minimum atomic E-state index is 0.179. The van der Waals surface area contributed by atoms with E-state index in [2.05, 4.69) is 57.9 Å². The SMILES string of the molecule is CC(C)(C)NCCCOc1ccc(Br)cc1Br. The van der Waals surface area contributed by atoms with Crippen LogP contribution >= 0.6 is 31.9 Å². The van der Waals surface area contributed by atoms with Crippen LogP contribution in [0.25, 0.3) is 0 Å². The molecule has 96 valence electrons. The molecule has 0 heterocycles. The highest BCUT2D eigenvalue weighted by Gasteiger charge is 2.07. The van der Waals surface area contributed by atoms with Crippen molar-refractivity contribution in [1.82, 2.24) is 5.32 Å². The van der Waals surface area contributed by atoms with Crippen molar-refractivity contribution in [2.45, 2.75) is 32.7 Å². The maximum absolute atomic E-state index is 5.70. The summed E-state index contributed by atoms with van der Waals surface area (Å²) >= 11 is 6.89. The molecule has 0 saturated carbocycles. The van der Waals surface area contributed by atoms with E-state index in [1.54, 1.807) is 0 Å². The smallest absolute Gasteiger partial charge is 0.133 e. The third-order valence-corrected chi connectivity index (χ3v) is 3.24. The third-order valence-electron chi connectivity index (χ3n) is 2.13. The Bertz CT molecular complexity index is 361. The quantitative estimate of drug-likeness (QED) is 0.783. The van der Waals surface area contributed by atoms with Crippen molar-refractivity contribution >= 4 is 31.9 Å². The van der Waals surface area contributed by atoms with Gasteiger partial charge in [0.2, 0.25) is 0 Å². The Labute approximate surface area is 120 Å². The molecule has 0 aliphatic heterocycles. The normalized spacial score (nSPS) is 11.6. The number of rotatable bonds is 5. The second-order valence-corrected chi connectivity index (χ2v) is 6.72. The van der Waals surface area contributed by atoms with Gasteiger partial charge in [-0.15, -0.1) is 0 Å². The molecule has 0 bridgehead atoms. The van der Waals surface area contributed by atoms with Gasteiger partial charge in [-0.2, -0.15) is 0 Å². The molecule has 17 heavy (non-hydrogen) atoms. The molecule has 0 saturated heterocycles. The van der Waals surface area contributed by atoms with E-state index in [4.69, 9.17) is 4.74 Å². The number of benzene rings is 1. The van der Waals surface area contributed by atoms with Gasteiger partial charge in [0.1, 0.15) is 5.75 Å². The van der Waals surface area contributed by atoms with Crippen LogP contribution in [-0.2, 0) is 0 Å². The molecule has 2 nitrogen and oxygen atoms in total. The van der Waals surface area contributed by atoms with E-state index in [-0.39, 0.29) is 5.54 Å². The highest BCUT2D eigenvalue weighted by molar-refractivity contribution is 9.11. The molecule has 4 heteroatoms. The van der Waals surface area contributed by atoms with Gasteiger partial charge in [0.05, 0.1) is 11.1 Å². The summed E-state index contributed by atoms with van der Waals surface area (Å²) in [5.74, 6) is 0.893. The molecule has 0 aliphatic rings. The lowest BCUT2D eigenvalue weighted by Crippen LogP contribution is -2.36. The van der Waals surface area contributed by atoms with E-state index >= 15 is 0 Å². The Hall–Kier alpha value is -0.0600. The molecule has 1 aromatic carbocycles. The average Bonchev–Trinajstić information content (AvgIpc) is 2.18. The molecule has 1 N–H and O–H groups in total. The largest absolute Gasteiger partial charge is 0.492 e. The lowest BCUT2D eigenvalue weighted by atomic mass is 10.1. The Morgan fingerprint density at radius 1 is 1.24 bits per heavy atom. The van der Waals surface area contributed by atoms with Crippen molar-refractivity contribution in [1.29, 1.82) is 0 Å². The lowest BCUT2D eigenvalue weighted by Gasteiger charge is -2.20. The first kappa shape index (κ1) is 15.0. The van der Waals surface area contributed by atoms with Gasteiger partial charge in [-0.25, -0.2) is 0 Å². The first-order chi connectivity index (χ1) is 7.88. The maximum atomic E-state index is 5.70. The van der Waals surface area contributed by atoms with E-state index in [9.17, 15) is 0 Å². The predicted octanol–water partition coefficient (Wildman–Crippen LogP) is 4.37. The summed E-state index contributed by atoms with van der Waals surface area (Å²) in [4.78, 5) is 0. The van der Waals surface area contributed by atoms with Gasteiger partial charge in [0.25, 0.3) is 0 Å². The summed E-state index contributed by atoms with van der Waals surface area (Å²) in [6.07, 6.45) is 1.000. The van der Waals surface area contributed by atoms with Gasteiger partial charge < -0.3 is 10.1 Å². The molecule has 1 aromatic rings. The minimum Gasteiger partial charge on any atom is -0.492 e. The van der Waals surface area contributed by atoms with Gasteiger partial charge in [0, 0.05) is 10.0 Å². The van der Waals surface area contributed by atoms with E-state index in [0.717, 1.165) is 34.3 Å². The standard InChI is InChI=1S/C13H19Br2NO/c1-13(2,3)16-7-4-8-17-12-6-5-10(14)9-11(12)15/h5-6,9,16H,4,7-8H2,1-3H3. The Balaban J connectivity index is 2.27. The van der Waals surface area contributed by atoms with Crippen molar-refractivity contribution < 1.29 is 4.74 Å². The fourth-order valence-corrected chi connectivity index (χ4v) is 2.47. The van der Waals surface area contributed by atoms with E-state index in [0.29, 0.717) is 0 Å². The Morgan fingerprint density at radius 3 is 2.53 bits per heavy atom. The predicted molar refractivity (Wildman–Crippen MR) is 79.7 cm³/mol. The molecule has 1 rings (SSSR count). The highest BCUT2D eigenvalue weighted by Crippen LogP contribution is 2.28.